The fourth-order valence-corrected chi connectivity index (χ4v) is 1.91. The molecule has 0 saturated carbocycles. The first-order valence-electron chi connectivity index (χ1n) is 5.32. The van der Waals surface area contributed by atoms with Crippen LogP contribution in [-0.2, 0) is 11.3 Å². The Morgan fingerprint density at radius 3 is 2.76 bits per heavy atom. The number of likely N-dealkylation sites (N-methyl/N-ethyl adjacent to an activating group) is 1. The molecule has 1 atom stereocenters. The van der Waals surface area contributed by atoms with Crippen molar-refractivity contribution in [1.82, 2.24) is 4.90 Å². The molecule has 17 heavy (non-hydrogen) atoms. The number of benzene rings is 1. The van der Waals surface area contributed by atoms with E-state index in [-0.39, 0.29) is 12.4 Å². The van der Waals surface area contributed by atoms with Crippen molar-refractivity contribution in [3.05, 3.63) is 34.6 Å². The molecule has 0 aliphatic carbocycles. The summed E-state index contributed by atoms with van der Waals surface area (Å²) < 4.78 is 13.5. The van der Waals surface area contributed by atoms with Gasteiger partial charge in [-0.05, 0) is 31.7 Å². The van der Waals surface area contributed by atoms with Crippen molar-refractivity contribution in [1.29, 1.82) is 0 Å². The molecule has 0 radical (unpaired) electrons. The highest BCUT2D eigenvalue weighted by atomic mass is 35.5. The quantitative estimate of drug-likeness (QED) is 0.884. The van der Waals surface area contributed by atoms with Gasteiger partial charge in [0, 0.05) is 17.1 Å². The number of carboxylic acids is 1. The smallest absolute Gasteiger partial charge is 0.320 e. The van der Waals surface area contributed by atoms with E-state index in [2.05, 4.69) is 0 Å². The fraction of sp³-hybridized carbons (Fsp3) is 0.417. The van der Waals surface area contributed by atoms with Gasteiger partial charge in [0.05, 0.1) is 0 Å². The predicted octanol–water partition coefficient (Wildman–Crippen LogP) is 2.77. The van der Waals surface area contributed by atoms with Crippen LogP contribution in [0.25, 0.3) is 0 Å². The molecule has 0 unspecified atom stereocenters. The molecule has 0 fully saturated rings. The van der Waals surface area contributed by atoms with Crippen LogP contribution in [0.5, 0.6) is 0 Å². The summed E-state index contributed by atoms with van der Waals surface area (Å²) in [6.45, 7) is 2.00. The van der Waals surface area contributed by atoms with Crippen molar-refractivity contribution >= 4 is 17.6 Å². The van der Waals surface area contributed by atoms with E-state index < -0.39 is 12.0 Å². The maximum absolute atomic E-state index is 13.5. The van der Waals surface area contributed by atoms with E-state index in [9.17, 15) is 9.18 Å². The molecule has 1 aromatic rings. The first-order valence-corrected chi connectivity index (χ1v) is 5.70. The van der Waals surface area contributed by atoms with Gasteiger partial charge in [0.2, 0.25) is 0 Å². The number of hydrogen-bond donors (Lipinski definition) is 1. The molecule has 0 heterocycles. The van der Waals surface area contributed by atoms with E-state index in [1.165, 1.54) is 18.2 Å². The van der Waals surface area contributed by atoms with Crippen LogP contribution in [0.1, 0.15) is 18.9 Å². The van der Waals surface area contributed by atoms with Crippen LogP contribution in [-0.4, -0.2) is 29.1 Å². The van der Waals surface area contributed by atoms with Crippen LogP contribution >= 0.6 is 11.6 Å². The van der Waals surface area contributed by atoms with Crippen molar-refractivity contribution in [3.8, 4) is 0 Å². The summed E-state index contributed by atoms with van der Waals surface area (Å²) in [7, 11) is 1.66. The third-order valence-corrected chi connectivity index (χ3v) is 2.87. The monoisotopic (exact) mass is 259 g/mol. The number of carboxylic acid groups (broad SMARTS) is 1. The van der Waals surface area contributed by atoms with Crippen molar-refractivity contribution in [2.24, 2.45) is 0 Å². The van der Waals surface area contributed by atoms with E-state index in [1.54, 1.807) is 18.9 Å². The summed E-state index contributed by atoms with van der Waals surface area (Å²) in [5, 5.41) is 9.43. The molecule has 0 amide bonds. The maximum atomic E-state index is 13.5. The molecule has 0 aliphatic heterocycles. The van der Waals surface area contributed by atoms with E-state index in [0.717, 1.165) is 0 Å². The summed E-state index contributed by atoms with van der Waals surface area (Å²) in [4.78, 5) is 12.5. The summed E-state index contributed by atoms with van der Waals surface area (Å²) >= 11 is 5.77. The highest BCUT2D eigenvalue weighted by molar-refractivity contribution is 6.30. The molecular formula is C12H15ClFNO2. The normalized spacial score (nSPS) is 12.8. The number of halogens is 2. The highest BCUT2D eigenvalue weighted by Crippen LogP contribution is 2.17. The number of aliphatic carboxylic acids is 1. The Morgan fingerprint density at radius 2 is 2.24 bits per heavy atom. The minimum atomic E-state index is -0.905. The second-order valence-corrected chi connectivity index (χ2v) is 4.35. The largest absolute Gasteiger partial charge is 0.480 e. The molecule has 3 nitrogen and oxygen atoms in total. The molecule has 1 rings (SSSR count). The second kappa shape index (κ2) is 5.98. The van der Waals surface area contributed by atoms with Gasteiger partial charge >= 0.3 is 5.97 Å². The lowest BCUT2D eigenvalue weighted by molar-refractivity contribution is -0.143. The summed E-state index contributed by atoms with van der Waals surface area (Å²) in [5.74, 6) is -1.28. The van der Waals surface area contributed by atoms with Crippen LogP contribution in [0.15, 0.2) is 18.2 Å². The Balaban J connectivity index is 2.83. The van der Waals surface area contributed by atoms with Gasteiger partial charge in [0.1, 0.15) is 11.9 Å². The van der Waals surface area contributed by atoms with E-state index >= 15 is 0 Å². The fourth-order valence-electron chi connectivity index (χ4n) is 1.72. The zero-order valence-electron chi connectivity index (χ0n) is 9.78. The molecule has 94 valence electrons. The minimum absolute atomic E-state index is 0.219. The number of carbonyl (C=O) groups is 1. The molecule has 1 aromatic carbocycles. The van der Waals surface area contributed by atoms with Gasteiger partial charge in [-0.3, -0.25) is 9.69 Å². The van der Waals surface area contributed by atoms with E-state index in [4.69, 9.17) is 16.7 Å². The van der Waals surface area contributed by atoms with Gasteiger partial charge in [-0.2, -0.15) is 0 Å². The van der Waals surface area contributed by atoms with Crippen LogP contribution in [0, 0.1) is 5.82 Å². The van der Waals surface area contributed by atoms with E-state index in [0.29, 0.717) is 17.0 Å². The Hall–Kier alpha value is -1.13. The molecule has 0 saturated heterocycles. The van der Waals surface area contributed by atoms with Gasteiger partial charge < -0.3 is 5.11 Å². The average molecular weight is 260 g/mol. The molecule has 0 bridgehead atoms. The topological polar surface area (TPSA) is 40.5 Å². The van der Waals surface area contributed by atoms with Crippen LogP contribution < -0.4 is 0 Å². The molecule has 1 N–H and O–H groups in total. The van der Waals surface area contributed by atoms with Gasteiger partial charge in [-0.25, -0.2) is 4.39 Å². The van der Waals surface area contributed by atoms with Gasteiger partial charge in [0.15, 0.2) is 0 Å². The first-order chi connectivity index (χ1) is 7.95. The van der Waals surface area contributed by atoms with Crippen molar-refractivity contribution in [2.75, 3.05) is 7.05 Å². The highest BCUT2D eigenvalue weighted by Gasteiger charge is 2.21. The standard InChI is InChI=1S/C12H15ClFNO2/c1-3-11(12(16)17)15(2)7-8-6-9(13)4-5-10(8)14/h4-6,11H,3,7H2,1-2H3,(H,16,17)/t11-/m0/s1. The lowest BCUT2D eigenvalue weighted by Crippen LogP contribution is -2.37. The SMILES string of the molecule is CC[C@@H](C(=O)O)N(C)Cc1cc(Cl)ccc1F. The molecule has 0 spiro atoms. The zero-order chi connectivity index (χ0) is 13.0. The van der Waals surface area contributed by atoms with Crippen LogP contribution in [0.2, 0.25) is 5.02 Å². The number of nitrogens with zero attached hydrogens (tertiary/aromatic N) is 1. The number of rotatable bonds is 5. The van der Waals surface area contributed by atoms with Gasteiger partial charge in [0.25, 0.3) is 0 Å². The second-order valence-electron chi connectivity index (χ2n) is 3.91. The average Bonchev–Trinajstić information content (AvgIpc) is 2.24. The molecular weight excluding hydrogens is 245 g/mol. The van der Waals surface area contributed by atoms with E-state index in [1.807, 2.05) is 0 Å². The van der Waals surface area contributed by atoms with Crippen LogP contribution in [0.3, 0.4) is 0 Å². The Morgan fingerprint density at radius 1 is 1.59 bits per heavy atom. The van der Waals surface area contributed by atoms with Crippen molar-refractivity contribution in [3.63, 3.8) is 0 Å². The Bertz CT molecular complexity index is 411. The van der Waals surface area contributed by atoms with Crippen molar-refractivity contribution < 1.29 is 14.3 Å². The summed E-state index contributed by atoms with van der Waals surface area (Å²) in [5.41, 5.74) is 0.403. The van der Waals surface area contributed by atoms with Crippen molar-refractivity contribution in [2.45, 2.75) is 25.9 Å². The lowest BCUT2D eigenvalue weighted by Gasteiger charge is -2.23. The van der Waals surface area contributed by atoms with Crippen LogP contribution in [0.4, 0.5) is 4.39 Å². The van der Waals surface area contributed by atoms with Gasteiger partial charge in [-0.15, -0.1) is 0 Å². The molecule has 0 aliphatic rings. The number of hydrogen-bond acceptors (Lipinski definition) is 2. The predicted molar refractivity (Wildman–Crippen MR) is 64.6 cm³/mol. The lowest BCUT2D eigenvalue weighted by atomic mass is 10.1. The maximum Gasteiger partial charge on any atom is 0.320 e. The van der Waals surface area contributed by atoms with Gasteiger partial charge in [-0.1, -0.05) is 18.5 Å². The third kappa shape index (κ3) is 3.68. The Labute approximate surface area is 105 Å². The minimum Gasteiger partial charge on any atom is -0.480 e. The molecule has 5 heteroatoms. The summed E-state index contributed by atoms with van der Waals surface area (Å²) in [6.07, 6.45) is 0.466. The third-order valence-electron chi connectivity index (χ3n) is 2.63. The molecule has 0 aromatic heterocycles. The first kappa shape index (κ1) is 13.9. The summed E-state index contributed by atoms with van der Waals surface area (Å²) in [6, 6.07) is 3.65. The zero-order valence-corrected chi connectivity index (χ0v) is 10.5. The Kier molecular flexibility index (Phi) is 4.90.